The number of nitrogens with zero attached hydrogens (tertiary/aromatic N) is 2. The molecule has 0 amide bonds. The predicted octanol–water partition coefficient (Wildman–Crippen LogP) is 3.28. The molecule has 1 N–H and O–H groups in total. The molecule has 13 heteroatoms. The molecule has 1 aromatic carbocycles. The maximum atomic E-state index is 13.5. The fourth-order valence-corrected chi connectivity index (χ4v) is 1.66. The number of aromatic amines is 1. The van der Waals surface area contributed by atoms with Gasteiger partial charge in [-0.1, -0.05) is 0 Å². The van der Waals surface area contributed by atoms with Gasteiger partial charge < -0.3 is 0 Å². The SMILES string of the molecule is O=Nc1c(C(F)(F)F)[nH]n(-c2c(F)c(F)c(F)c(F)c2F)c1=O. The molecule has 0 fully saturated rings. The highest BCUT2D eigenvalue weighted by molar-refractivity contribution is 5.46. The van der Waals surface area contributed by atoms with Crippen molar-refractivity contribution in [3.05, 3.63) is 50.0 Å². The first-order valence-electron chi connectivity index (χ1n) is 5.29. The summed E-state index contributed by atoms with van der Waals surface area (Å²) in [6.07, 6.45) is -5.38. The molecular formula is C10HF8N3O2. The number of benzene rings is 1. The van der Waals surface area contributed by atoms with E-state index in [1.165, 1.54) is 0 Å². The maximum absolute atomic E-state index is 13.5. The smallest absolute Gasteiger partial charge is 0.284 e. The largest absolute Gasteiger partial charge is 0.435 e. The van der Waals surface area contributed by atoms with E-state index in [-0.39, 0.29) is 0 Å². The highest BCUT2D eigenvalue weighted by Gasteiger charge is 2.40. The Morgan fingerprint density at radius 2 is 1.30 bits per heavy atom. The Bertz CT molecular complexity index is 837. The molecule has 0 unspecified atom stereocenters. The van der Waals surface area contributed by atoms with Gasteiger partial charge in [-0.05, 0) is 5.18 Å². The van der Waals surface area contributed by atoms with Crippen molar-refractivity contribution in [3.8, 4) is 5.69 Å². The molecule has 1 aromatic heterocycles. The lowest BCUT2D eigenvalue weighted by atomic mass is 10.2. The Kier molecular flexibility index (Phi) is 3.74. The number of hydrogen-bond donors (Lipinski definition) is 1. The predicted molar refractivity (Wildman–Crippen MR) is 56.6 cm³/mol. The molecule has 2 rings (SSSR count). The number of aromatic nitrogens is 2. The fourth-order valence-electron chi connectivity index (χ4n) is 1.66. The second-order valence-corrected chi connectivity index (χ2v) is 3.98. The second kappa shape index (κ2) is 5.17. The van der Waals surface area contributed by atoms with Crippen LogP contribution in [0.25, 0.3) is 5.69 Å². The highest BCUT2D eigenvalue weighted by Crippen LogP contribution is 2.34. The van der Waals surface area contributed by atoms with Gasteiger partial charge in [0.15, 0.2) is 29.0 Å². The summed E-state index contributed by atoms with van der Waals surface area (Å²) in [5.41, 5.74) is -8.00. The molecular weight excluding hydrogens is 346 g/mol. The summed E-state index contributed by atoms with van der Waals surface area (Å²) < 4.78 is 103. The molecule has 1 heterocycles. The van der Waals surface area contributed by atoms with Crippen LogP contribution >= 0.6 is 0 Å². The van der Waals surface area contributed by atoms with E-state index >= 15 is 0 Å². The van der Waals surface area contributed by atoms with Crippen LogP contribution in [-0.4, -0.2) is 9.78 Å². The van der Waals surface area contributed by atoms with Crippen LogP contribution in [0.3, 0.4) is 0 Å². The van der Waals surface area contributed by atoms with E-state index < -0.39 is 62.6 Å². The minimum absolute atomic E-state index is 0.643. The topological polar surface area (TPSA) is 67.2 Å². The first-order chi connectivity index (χ1) is 10.5. The van der Waals surface area contributed by atoms with Gasteiger partial charge in [-0.2, -0.15) is 13.2 Å². The van der Waals surface area contributed by atoms with E-state index in [0.29, 0.717) is 0 Å². The van der Waals surface area contributed by atoms with Crippen molar-refractivity contribution < 1.29 is 35.1 Å². The fraction of sp³-hybridized carbons (Fsp3) is 0.100. The Hall–Kier alpha value is -2.73. The van der Waals surface area contributed by atoms with Crippen LogP contribution in [0.15, 0.2) is 9.97 Å². The summed E-state index contributed by atoms with van der Waals surface area (Å²) in [5, 5.41) is 2.83. The Balaban J connectivity index is 2.93. The molecule has 0 aliphatic heterocycles. The summed E-state index contributed by atoms with van der Waals surface area (Å²) in [7, 11) is 0. The normalized spacial score (nSPS) is 11.8. The van der Waals surface area contributed by atoms with E-state index in [2.05, 4.69) is 0 Å². The zero-order chi connectivity index (χ0) is 17.7. The Morgan fingerprint density at radius 1 is 0.870 bits per heavy atom. The van der Waals surface area contributed by atoms with Crippen LogP contribution in [-0.2, 0) is 6.18 Å². The number of nitroso groups, excluding NO2 is 1. The molecule has 2 aromatic rings. The van der Waals surface area contributed by atoms with Crippen LogP contribution in [0.2, 0.25) is 0 Å². The van der Waals surface area contributed by atoms with Crippen molar-refractivity contribution in [1.82, 2.24) is 9.78 Å². The average molecular weight is 347 g/mol. The van der Waals surface area contributed by atoms with Crippen LogP contribution < -0.4 is 5.56 Å². The third kappa shape index (κ3) is 2.37. The quantitative estimate of drug-likeness (QED) is 0.392. The molecule has 124 valence electrons. The zero-order valence-electron chi connectivity index (χ0n) is 10.2. The van der Waals surface area contributed by atoms with Crippen LogP contribution in [0.1, 0.15) is 5.69 Å². The lowest BCUT2D eigenvalue weighted by molar-refractivity contribution is -0.140. The summed E-state index contributed by atoms with van der Waals surface area (Å²) >= 11 is 0. The van der Waals surface area contributed by atoms with Crippen molar-refractivity contribution in [2.75, 3.05) is 0 Å². The molecule has 5 nitrogen and oxygen atoms in total. The highest BCUT2D eigenvalue weighted by atomic mass is 19.4. The summed E-state index contributed by atoms with van der Waals surface area (Å²) in [4.78, 5) is 21.9. The van der Waals surface area contributed by atoms with Crippen molar-refractivity contribution in [3.63, 3.8) is 0 Å². The summed E-state index contributed by atoms with van der Waals surface area (Å²) in [5.74, 6) is -12.7. The molecule has 0 radical (unpaired) electrons. The van der Waals surface area contributed by atoms with Crippen LogP contribution in [0.5, 0.6) is 0 Å². The Morgan fingerprint density at radius 3 is 1.65 bits per heavy atom. The lowest BCUT2D eigenvalue weighted by Gasteiger charge is -2.08. The van der Waals surface area contributed by atoms with Crippen LogP contribution in [0.4, 0.5) is 40.8 Å². The maximum Gasteiger partial charge on any atom is 0.435 e. The monoisotopic (exact) mass is 347 g/mol. The number of nitrogens with one attached hydrogen (secondary N) is 1. The van der Waals surface area contributed by atoms with Crippen molar-refractivity contribution in [2.24, 2.45) is 5.18 Å². The Labute approximate surface area is 119 Å². The summed E-state index contributed by atoms with van der Waals surface area (Å²) in [6, 6.07) is 0. The van der Waals surface area contributed by atoms with E-state index in [1.54, 1.807) is 5.18 Å². The van der Waals surface area contributed by atoms with E-state index in [9.17, 15) is 44.8 Å². The third-order valence-electron chi connectivity index (χ3n) is 2.65. The van der Waals surface area contributed by atoms with E-state index in [1.807, 2.05) is 0 Å². The lowest BCUT2D eigenvalue weighted by Crippen LogP contribution is -2.20. The number of alkyl halides is 3. The minimum Gasteiger partial charge on any atom is -0.284 e. The molecule has 23 heavy (non-hydrogen) atoms. The van der Waals surface area contributed by atoms with Gasteiger partial charge in [0.05, 0.1) is 0 Å². The third-order valence-corrected chi connectivity index (χ3v) is 2.65. The van der Waals surface area contributed by atoms with Gasteiger partial charge in [-0.3, -0.25) is 9.89 Å². The standard InChI is InChI=1S/C10HF8N3O2/c11-1-2(12)4(14)7(5(15)3(1)13)21-9(22)6(20-23)8(19-21)10(16,17)18/h19H. The van der Waals surface area contributed by atoms with Gasteiger partial charge in [0, 0.05) is 0 Å². The number of hydrogen-bond acceptors (Lipinski definition) is 3. The van der Waals surface area contributed by atoms with Crippen molar-refractivity contribution >= 4 is 5.69 Å². The van der Waals surface area contributed by atoms with Gasteiger partial charge in [0.2, 0.25) is 11.5 Å². The number of rotatable bonds is 2. The van der Waals surface area contributed by atoms with Gasteiger partial charge in [0.25, 0.3) is 0 Å². The van der Waals surface area contributed by atoms with E-state index in [4.69, 9.17) is 0 Å². The molecule has 0 bridgehead atoms. The number of H-pyrrole nitrogens is 1. The average Bonchev–Trinajstić information content (AvgIpc) is 2.80. The van der Waals surface area contributed by atoms with E-state index in [0.717, 1.165) is 5.10 Å². The molecule has 0 saturated heterocycles. The second-order valence-electron chi connectivity index (χ2n) is 3.98. The first kappa shape index (κ1) is 16.6. The van der Waals surface area contributed by atoms with Gasteiger partial charge in [-0.25, -0.2) is 26.6 Å². The number of halogens is 8. The molecule has 0 spiro atoms. The van der Waals surface area contributed by atoms with Gasteiger partial charge in [0.1, 0.15) is 5.69 Å². The van der Waals surface area contributed by atoms with Gasteiger partial charge >= 0.3 is 11.7 Å². The zero-order valence-corrected chi connectivity index (χ0v) is 10.2. The van der Waals surface area contributed by atoms with Crippen molar-refractivity contribution in [2.45, 2.75) is 6.18 Å². The first-order valence-corrected chi connectivity index (χ1v) is 5.29. The molecule has 0 saturated carbocycles. The molecule has 0 aliphatic carbocycles. The van der Waals surface area contributed by atoms with Gasteiger partial charge in [-0.15, -0.1) is 4.91 Å². The van der Waals surface area contributed by atoms with Crippen LogP contribution in [0, 0.1) is 34.0 Å². The summed E-state index contributed by atoms with van der Waals surface area (Å²) in [6.45, 7) is 0. The molecule has 0 aliphatic rings. The minimum atomic E-state index is -5.38. The molecule has 0 atom stereocenters. The van der Waals surface area contributed by atoms with Crippen molar-refractivity contribution in [1.29, 1.82) is 0 Å².